The molecule has 0 radical (unpaired) electrons. The normalized spacial score (nSPS) is 15.3. The molecule has 0 spiro atoms. The average Bonchev–Trinajstić information content (AvgIpc) is 2.61. The van der Waals surface area contributed by atoms with Gasteiger partial charge in [0.25, 0.3) is 11.8 Å². The number of nitrogens with one attached hydrogen (secondary N) is 1. The molecule has 1 aromatic carbocycles. The Balaban J connectivity index is 2.86. The molecule has 0 bridgehead atoms. The highest BCUT2D eigenvalue weighted by molar-refractivity contribution is 6.35. The zero-order chi connectivity index (χ0) is 14.5. The van der Waals surface area contributed by atoms with E-state index in [0.717, 1.165) is 0 Å². The van der Waals surface area contributed by atoms with Crippen molar-refractivity contribution in [3.05, 3.63) is 40.5 Å². The van der Waals surface area contributed by atoms with Crippen LogP contribution in [0.5, 0.6) is 0 Å². The standard InChI is InChI=1S/C10HF6NO2/c11-3-1(2-5(13)10(19)17-9(2)18)4(12)7(15)8(16)6(3)14/h(H,17,18,19). The lowest BCUT2D eigenvalue weighted by molar-refractivity contribution is -0.124. The van der Waals surface area contributed by atoms with Crippen LogP contribution in [0.1, 0.15) is 5.56 Å². The van der Waals surface area contributed by atoms with Gasteiger partial charge in [0.2, 0.25) is 11.6 Å². The van der Waals surface area contributed by atoms with Crippen molar-refractivity contribution >= 4 is 17.4 Å². The maximum Gasteiger partial charge on any atom is 0.287 e. The van der Waals surface area contributed by atoms with Crippen molar-refractivity contribution in [3.63, 3.8) is 0 Å². The molecule has 100 valence electrons. The molecule has 0 saturated heterocycles. The first-order chi connectivity index (χ1) is 8.77. The molecular formula is C10HF6NO2. The third kappa shape index (κ3) is 1.69. The summed E-state index contributed by atoms with van der Waals surface area (Å²) in [6, 6.07) is 0. The second-order valence-electron chi connectivity index (χ2n) is 3.42. The summed E-state index contributed by atoms with van der Waals surface area (Å²) in [6.45, 7) is 0. The third-order valence-corrected chi connectivity index (χ3v) is 2.33. The van der Waals surface area contributed by atoms with E-state index < -0.39 is 57.9 Å². The van der Waals surface area contributed by atoms with Gasteiger partial charge < -0.3 is 0 Å². The van der Waals surface area contributed by atoms with Crippen molar-refractivity contribution in [1.82, 2.24) is 5.32 Å². The highest BCUT2D eigenvalue weighted by atomic mass is 19.2. The number of carbonyl (C=O) groups excluding carboxylic acids is 2. The van der Waals surface area contributed by atoms with Crippen molar-refractivity contribution in [2.45, 2.75) is 0 Å². The van der Waals surface area contributed by atoms with Crippen LogP contribution < -0.4 is 5.32 Å². The molecule has 0 fully saturated rings. The fourth-order valence-electron chi connectivity index (χ4n) is 1.48. The quantitative estimate of drug-likeness (QED) is 0.369. The smallest absolute Gasteiger partial charge is 0.286 e. The Bertz CT molecular complexity index is 637. The van der Waals surface area contributed by atoms with Gasteiger partial charge in [-0.15, -0.1) is 0 Å². The van der Waals surface area contributed by atoms with E-state index in [1.165, 1.54) is 5.32 Å². The topological polar surface area (TPSA) is 46.2 Å². The molecule has 0 unspecified atom stereocenters. The average molecular weight is 281 g/mol. The fourth-order valence-corrected chi connectivity index (χ4v) is 1.48. The number of halogens is 6. The van der Waals surface area contributed by atoms with Gasteiger partial charge in [0, 0.05) is 0 Å². The molecule has 0 saturated carbocycles. The van der Waals surface area contributed by atoms with Crippen LogP contribution >= 0.6 is 0 Å². The third-order valence-electron chi connectivity index (χ3n) is 2.33. The van der Waals surface area contributed by atoms with Gasteiger partial charge in [-0.3, -0.25) is 14.9 Å². The van der Waals surface area contributed by atoms with E-state index in [9.17, 15) is 35.9 Å². The minimum absolute atomic E-state index is 1.32. The summed E-state index contributed by atoms with van der Waals surface area (Å²) in [4.78, 5) is 21.9. The predicted molar refractivity (Wildman–Crippen MR) is 47.4 cm³/mol. The van der Waals surface area contributed by atoms with Crippen molar-refractivity contribution in [1.29, 1.82) is 0 Å². The molecule has 1 aliphatic heterocycles. The molecule has 1 N–H and O–H groups in total. The summed E-state index contributed by atoms with van der Waals surface area (Å²) in [5.41, 5.74) is -3.31. The summed E-state index contributed by atoms with van der Waals surface area (Å²) in [5, 5.41) is 1.32. The molecule has 1 aromatic rings. The van der Waals surface area contributed by atoms with Gasteiger partial charge in [-0.1, -0.05) is 0 Å². The van der Waals surface area contributed by atoms with Crippen molar-refractivity contribution in [2.75, 3.05) is 0 Å². The molecule has 2 amide bonds. The van der Waals surface area contributed by atoms with Crippen LogP contribution in [-0.2, 0) is 9.59 Å². The number of benzene rings is 1. The molecule has 1 aliphatic rings. The van der Waals surface area contributed by atoms with Crippen LogP contribution in [0.3, 0.4) is 0 Å². The summed E-state index contributed by atoms with van der Waals surface area (Å²) < 4.78 is 78.4. The Morgan fingerprint density at radius 1 is 0.632 bits per heavy atom. The summed E-state index contributed by atoms with van der Waals surface area (Å²) >= 11 is 0. The largest absolute Gasteiger partial charge is 0.287 e. The van der Waals surface area contributed by atoms with Gasteiger partial charge >= 0.3 is 0 Å². The van der Waals surface area contributed by atoms with Crippen LogP contribution in [-0.4, -0.2) is 11.8 Å². The van der Waals surface area contributed by atoms with E-state index in [2.05, 4.69) is 0 Å². The molecule has 9 heteroatoms. The highest BCUT2D eigenvalue weighted by Gasteiger charge is 2.38. The summed E-state index contributed by atoms with van der Waals surface area (Å²) in [6.07, 6.45) is 0. The Labute approximate surface area is 100 Å². The minimum Gasteiger partial charge on any atom is -0.286 e. The van der Waals surface area contributed by atoms with E-state index >= 15 is 0 Å². The second-order valence-corrected chi connectivity index (χ2v) is 3.42. The highest BCUT2D eigenvalue weighted by Crippen LogP contribution is 2.32. The number of carbonyl (C=O) groups is 2. The lowest BCUT2D eigenvalue weighted by Gasteiger charge is -2.07. The first-order valence-electron chi connectivity index (χ1n) is 4.54. The van der Waals surface area contributed by atoms with E-state index in [0.29, 0.717) is 0 Å². The van der Waals surface area contributed by atoms with E-state index in [1.807, 2.05) is 0 Å². The predicted octanol–water partition coefficient (Wildman–Crippen LogP) is 1.72. The lowest BCUT2D eigenvalue weighted by atomic mass is 10.0. The SMILES string of the molecule is O=C1NC(=O)C(c2c(F)c(F)c(F)c(F)c2F)=C1F. The number of amides is 2. The molecule has 1 heterocycles. The van der Waals surface area contributed by atoms with Crippen LogP contribution in [0.4, 0.5) is 26.3 Å². The van der Waals surface area contributed by atoms with Gasteiger partial charge in [0.05, 0.1) is 11.1 Å². The molecule has 19 heavy (non-hydrogen) atoms. The zero-order valence-electron chi connectivity index (χ0n) is 8.58. The Kier molecular flexibility index (Phi) is 2.84. The number of hydrogen-bond donors (Lipinski definition) is 1. The zero-order valence-corrected chi connectivity index (χ0v) is 8.58. The van der Waals surface area contributed by atoms with Crippen LogP contribution in [0, 0.1) is 29.1 Å². The number of rotatable bonds is 1. The Morgan fingerprint density at radius 2 is 1.05 bits per heavy atom. The monoisotopic (exact) mass is 281 g/mol. The van der Waals surface area contributed by atoms with E-state index in [1.54, 1.807) is 0 Å². The van der Waals surface area contributed by atoms with Crippen LogP contribution in [0.25, 0.3) is 5.57 Å². The maximum atomic E-state index is 13.3. The van der Waals surface area contributed by atoms with Crippen molar-refractivity contribution in [2.24, 2.45) is 0 Å². The maximum absolute atomic E-state index is 13.3. The van der Waals surface area contributed by atoms with Gasteiger partial charge in [-0.25, -0.2) is 22.0 Å². The summed E-state index contributed by atoms with van der Waals surface area (Å²) in [7, 11) is 0. The number of hydrogen-bond acceptors (Lipinski definition) is 2. The van der Waals surface area contributed by atoms with Crippen molar-refractivity contribution in [3.8, 4) is 0 Å². The molecule has 0 atom stereocenters. The van der Waals surface area contributed by atoms with E-state index in [-0.39, 0.29) is 0 Å². The molecule has 2 rings (SSSR count). The minimum atomic E-state index is -2.45. The molecule has 0 aliphatic carbocycles. The summed E-state index contributed by atoms with van der Waals surface area (Å²) in [5.74, 6) is -17.1. The second kappa shape index (κ2) is 4.11. The lowest BCUT2D eigenvalue weighted by Crippen LogP contribution is -2.23. The molecular weight excluding hydrogens is 280 g/mol. The van der Waals surface area contributed by atoms with Crippen LogP contribution in [0.15, 0.2) is 5.83 Å². The Hall–Kier alpha value is -2.32. The first-order valence-corrected chi connectivity index (χ1v) is 4.54. The first kappa shape index (κ1) is 13.1. The number of imide groups is 1. The van der Waals surface area contributed by atoms with Gasteiger partial charge in [-0.05, 0) is 0 Å². The Morgan fingerprint density at radius 3 is 1.42 bits per heavy atom. The van der Waals surface area contributed by atoms with Gasteiger partial charge in [0.15, 0.2) is 23.3 Å². The van der Waals surface area contributed by atoms with Gasteiger partial charge in [-0.2, -0.15) is 4.39 Å². The van der Waals surface area contributed by atoms with Crippen LogP contribution in [0.2, 0.25) is 0 Å². The molecule has 3 nitrogen and oxygen atoms in total. The fraction of sp³-hybridized carbons (Fsp3) is 0. The molecule has 0 aromatic heterocycles. The van der Waals surface area contributed by atoms with Crippen molar-refractivity contribution < 1.29 is 35.9 Å². The van der Waals surface area contributed by atoms with E-state index in [4.69, 9.17) is 0 Å². The van der Waals surface area contributed by atoms with Gasteiger partial charge in [0.1, 0.15) is 0 Å².